The summed E-state index contributed by atoms with van der Waals surface area (Å²) in [6, 6.07) is 3.80. The van der Waals surface area contributed by atoms with Gasteiger partial charge in [0.15, 0.2) is 0 Å². The zero-order chi connectivity index (χ0) is 15.9. The Bertz CT molecular complexity index is 471. The van der Waals surface area contributed by atoms with Gasteiger partial charge in [0, 0.05) is 37.9 Å². The summed E-state index contributed by atoms with van der Waals surface area (Å²) in [7, 11) is 0. The van der Waals surface area contributed by atoms with E-state index in [2.05, 4.69) is 29.0 Å². The molecule has 0 radical (unpaired) electrons. The minimum Gasteiger partial charge on any atom is -0.396 e. The molecule has 5 nitrogen and oxygen atoms in total. The van der Waals surface area contributed by atoms with Crippen LogP contribution in [0, 0.1) is 5.92 Å². The lowest BCUT2D eigenvalue weighted by molar-refractivity contribution is 0.0872. The Balaban J connectivity index is 2.00. The highest BCUT2D eigenvalue weighted by molar-refractivity contribution is 5.94. The Morgan fingerprint density at radius 3 is 2.64 bits per heavy atom. The SMILES string of the molecule is CCN(CC)c1ccc(C(=O)NC2CCCCC2CO)cn1. The van der Waals surface area contributed by atoms with Gasteiger partial charge in [-0.15, -0.1) is 0 Å². The van der Waals surface area contributed by atoms with Gasteiger partial charge in [0.1, 0.15) is 5.82 Å². The summed E-state index contributed by atoms with van der Waals surface area (Å²) in [6.07, 6.45) is 5.82. The number of anilines is 1. The number of aromatic nitrogens is 1. The van der Waals surface area contributed by atoms with Crippen molar-refractivity contribution in [2.24, 2.45) is 5.92 Å². The summed E-state index contributed by atoms with van der Waals surface area (Å²) in [4.78, 5) is 18.9. The molecular formula is C17H27N3O2. The van der Waals surface area contributed by atoms with Crippen LogP contribution in [0.15, 0.2) is 18.3 Å². The topological polar surface area (TPSA) is 65.5 Å². The van der Waals surface area contributed by atoms with Crippen molar-refractivity contribution in [2.75, 3.05) is 24.6 Å². The minimum atomic E-state index is -0.0936. The van der Waals surface area contributed by atoms with Gasteiger partial charge in [-0.2, -0.15) is 0 Å². The normalized spacial score (nSPS) is 21.4. The number of nitrogens with one attached hydrogen (secondary N) is 1. The second kappa shape index (κ2) is 8.13. The number of rotatable bonds is 6. The van der Waals surface area contributed by atoms with Crippen molar-refractivity contribution in [3.05, 3.63) is 23.9 Å². The molecule has 0 aromatic carbocycles. The Morgan fingerprint density at radius 2 is 2.05 bits per heavy atom. The highest BCUT2D eigenvalue weighted by atomic mass is 16.3. The zero-order valence-corrected chi connectivity index (χ0v) is 13.6. The van der Waals surface area contributed by atoms with Gasteiger partial charge in [0.05, 0.1) is 5.56 Å². The van der Waals surface area contributed by atoms with E-state index >= 15 is 0 Å². The molecule has 5 heteroatoms. The molecule has 2 N–H and O–H groups in total. The number of amides is 1. The maximum Gasteiger partial charge on any atom is 0.253 e. The average molecular weight is 305 g/mol. The van der Waals surface area contributed by atoms with Gasteiger partial charge in [-0.05, 0) is 38.8 Å². The number of pyridine rings is 1. The molecule has 2 unspecified atom stereocenters. The maximum atomic E-state index is 12.3. The molecule has 22 heavy (non-hydrogen) atoms. The van der Waals surface area contributed by atoms with E-state index in [1.165, 1.54) is 0 Å². The third-order valence-electron chi connectivity index (χ3n) is 4.56. The van der Waals surface area contributed by atoms with Crippen LogP contribution < -0.4 is 10.2 Å². The number of nitrogens with zero attached hydrogens (tertiary/aromatic N) is 2. The van der Waals surface area contributed by atoms with Crippen molar-refractivity contribution in [3.8, 4) is 0 Å². The highest BCUT2D eigenvalue weighted by Crippen LogP contribution is 2.24. The smallest absolute Gasteiger partial charge is 0.253 e. The summed E-state index contributed by atoms with van der Waals surface area (Å²) in [5, 5.41) is 12.5. The first-order valence-electron chi connectivity index (χ1n) is 8.32. The molecule has 1 fully saturated rings. The van der Waals surface area contributed by atoms with Crippen molar-refractivity contribution in [1.29, 1.82) is 0 Å². The predicted octanol–water partition coefficient (Wildman–Crippen LogP) is 2.21. The summed E-state index contributed by atoms with van der Waals surface area (Å²) in [5.74, 6) is 0.983. The van der Waals surface area contributed by atoms with Crippen LogP contribution in [0.3, 0.4) is 0 Å². The van der Waals surface area contributed by atoms with Crippen LogP contribution in [0.4, 0.5) is 5.82 Å². The number of aliphatic hydroxyl groups is 1. The fourth-order valence-corrected chi connectivity index (χ4v) is 3.12. The molecule has 1 aromatic heterocycles. The largest absolute Gasteiger partial charge is 0.396 e. The molecule has 1 aliphatic carbocycles. The van der Waals surface area contributed by atoms with Crippen molar-refractivity contribution in [2.45, 2.75) is 45.6 Å². The van der Waals surface area contributed by atoms with E-state index in [0.717, 1.165) is 44.6 Å². The van der Waals surface area contributed by atoms with Gasteiger partial charge in [0.25, 0.3) is 5.91 Å². The summed E-state index contributed by atoms with van der Waals surface area (Å²) in [5.41, 5.74) is 0.582. The first kappa shape index (κ1) is 16.7. The van der Waals surface area contributed by atoms with Crippen molar-refractivity contribution >= 4 is 11.7 Å². The quantitative estimate of drug-likeness (QED) is 0.846. The molecule has 1 amide bonds. The van der Waals surface area contributed by atoms with E-state index in [1.54, 1.807) is 6.20 Å². The number of hydrogen-bond acceptors (Lipinski definition) is 4. The van der Waals surface area contributed by atoms with Gasteiger partial charge in [0.2, 0.25) is 0 Å². The monoisotopic (exact) mass is 305 g/mol. The van der Waals surface area contributed by atoms with Crippen LogP contribution in [-0.2, 0) is 0 Å². The average Bonchev–Trinajstić information content (AvgIpc) is 2.57. The summed E-state index contributed by atoms with van der Waals surface area (Å²) >= 11 is 0. The Morgan fingerprint density at radius 1 is 1.32 bits per heavy atom. The van der Waals surface area contributed by atoms with Crippen LogP contribution in [0.2, 0.25) is 0 Å². The first-order chi connectivity index (χ1) is 10.7. The lowest BCUT2D eigenvalue weighted by Gasteiger charge is -2.30. The molecule has 2 atom stereocenters. The molecule has 1 aromatic rings. The van der Waals surface area contributed by atoms with Crippen molar-refractivity contribution in [3.63, 3.8) is 0 Å². The maximum absolute atomic E-state index is 12.3. The van der Waals surface area contributed by atoms with Crippen molar-refractivity contribution < 1.29 is 9.90 Å². The lowest BCUT2D eigenvalue weighted by Crippen LogP contribution is -2.43. The fourth-order valence-electron chi connectivity index (χ4n) is 3.12. The predicted molar refractivity (Wildman–Crippen MR) is 88.1 cm³/mol. The van der Waals surface area contributed by atoms with Gasteiger partial charge in [-0.25, -0.2) is 4.98 Å². The standard InChI is InChI=1S/C17H27N3O2/c1-3-20(4-2)16-10-9-13(11-18-16)17(22)19-15-8-6-5-7-14(15)12-21/h9-11,14-15,21H,3-8,12H2,1-2H3,(H,19,22). The number of carbonyl (C=O) groups is 1. The van der Waals surface area contributed by atoms with E-state index in [0.29, 0.717) is 5.56 Å². The van der Waals surface area contributed by atoms with E-state index in [4.69, 9.17) is 0 Å². The zero-order valence-electron chi connectivity index (χ0n) is 13.6. The van der Waals surface area contributed by atoms with E-state index < -0.39 is 0 Å². The second-order valence-electron chi connectivity index (χ2n) is 5.88. The van der Waals surface area contributed by atoms with Gasteiger partial charge >= 0.3 is 0 Å². The molecule has 1 aliphatic rings. The molecule has 122 valence electrons. The molecule has 1 saturated carbocycles. The summed E-state index contributed by atoms with van der Waals surface area (Å²) in [6.45, 7) is 6.11. The highest BCUT2D eigenvalue weighted by Gasteiger charge is 2.26. The Labute approximate surface area is 132 Å². The third kappa shape index (κ3) is 3.97. The van der Waals surface area contributed by atoms with E-state index in [1.807, 2.05) is 12.1 Å². The first-order valence-corrected chi connectivity index (χ1v) is 8.32. The minimum absolute atomic E-state index is 0.0775. The van der Waals surface area contributed by atoms with Gasteiger partial charge in [-0.1, -0.05) is 12.8 Å². The summed E-state index contributed by atoms with van der Waals surface area (Å²) < 4.78 is 0. The van der Waals surface area contributed by atoms with Crippen LogP contribution in [0.25, 0.3) is 0 Å². The van der Waals surface area contributed by atoms with Crippen LogP contribution in [0.5, 0.6) is 0 Å². The number of aliphatic hydroxyl groups excluding tert-OH is 1. The molecule has 2 rings (SSSR count). The van der Waals surface area contributed by atoms with Crippen LogP contribution in [-0.4, -0.2) is 41.7 Å². The molecule has 0 bridgehead atoms. The lowest BCUT2D eigenvalue weighted by atomic mass is 9.85. The fraction of sp³-hybridized carbons (Fsp3) is 0.647. The van der Waals surface area contributed by atoms with Crippen molar-refractivity contribution in [1.82, 2.24) is 10.3 Å². The van der Waals surface area contributed by atoms with Crippen LogP contribution >= 0.6 is 0 Å². The molecule has 0 spiro atoms. The molecule has 0 aliphatic heterocycles. The Hall–Kier alpha value is -1.62. The molecule has 1 heterocycles. The van der Waals surface area contributed by atoms with Gasteiger partial charge < -0.3 is 15.3 Å². The molecular weight excluding hydrogens is 278 g/mol. The van der Waals surface area contributed by atoms with Gasteiger partial charge in [-0.3, -0.25) is 4.79 Å². The third-order valence-corrected chi connectivity index (χ3v) is 4.56. The van der Waals surface area contributed by atoms with E-state index in [9.17, 15) is 9.90 Å². The van der Waals surface area contributed by atoms with E-state index in [-0.39, 0.29) is 24.5 Å². The Kier molecular flexibility index (Phi) is 6.19. The van der Waals surface area contributed by atoms with Crippen LogP contribution in [0.1, 0.15) is 49.9 Å². The number of hydrogen-bond donors (Lipinski definition) is 2. The number of carbonyl (C=O) groups excluding carboxylic acids is 1. The second-order valence-corrected chi connectivity index (χ2v) is 5.88. The molecule has 0 saturated heterocycles.